The molecule has 2 N–H and O–H groups in total. The van der Waals surface area contributed by atoms with E-state index in [9.17, 15) is 13.2 Å². The predicted molar refractivity (Wildman–Crippen MR) is 120 cm³/mol. The zero-order valence-electron chi connectivity index (χ0n) is 15.8. The van der Waals surface area contributed by atoms with Crippen LogP contribution < -0.4 is 10.0 Å². The molecule has 0 heterocycles. The second-order valence-corrected chi connectivity index (χ2v) is 9.18. The van der Waals surface area contributed by atoms with Crippen LogP contribution >= 0.6 is 23.4 Å². The zero-order valence-corrected chi connectivity index (χ0v) is 18.2. The lowest BCUT2D eigenvalue weighted by atomic mass is 10.2. The molecule has 0 unspecified atom stereocenters. The Bertz CT molecular complexity index is 1150. The molecule has 5 nitrogen and oxygen atoms in total. The highest BCUT2D eigenvalue weighted by Crippen LogP contribution is 2.25. The van der Waals surface area contributed by atoms with Crippen LogP contribution in [0.25, 0.3) is 0 Å². The second kappa shape index (κ2) is 8.90. The molecule has 0 spiro atoms. The SMILES string of the molecule is CSc1ccccc1C(=O)Nc1ccc(C)c(S(=O)(=O)Nc2ccc(Cl)cc2)c1. The summed E-state index contributed by atoms with van der Waals surface area (Å²) in [4.78, 5) is 13.6. The number of aryl methyl sites for hydroxylation is 1. The van der Waals surface area contributed by atoms with Gasteiger partial charge in [0.15, 0.2) is 0 Å². The number of halogens is 1. The smallest absolute Gasteiger partial charge is 0.262 e. The van der Waals surface area contributed by atoms with Crippen molar-refractivity contribution >= 4 is 50.7 Å². The summed E-state index contributed by atoms with van der Waals surface area (Å²) in [6.07, 6.45) is 1.89. The quantitative estimate of drug-likeness (QED) is 0.495. The van der Waals surface area contributed by atoms with Crippen molar-refractivity contribution in [3.05, 3.63) is 82.9 Å². The van der Waals surface area contributed by atoms with E-state index in [0.717, 1.165) is 4.90 Å². The van der Waals surface area contributed by atoms with Gasteiger partial charge in [-0.1, -0.05) is 29.8 Å². The highest BCUT2D eigenvalue weighted by molar-refractivity contribution is 7.98. The third-order valence-corrected chi connectivity index (χ3v) is 6.75. The van der Waals surface area contributed by atoms with Crippen LogP contribution in [0.5, 0.6) is 0 Å². The molecule has 0 fully saturated rings. The number of carbonyl (C=O) groups is 1. The number of hydrogen-bond donors (Lipinski definition) is 2. The molecule has 150 valence electrons. The number of anilines is 2. The fraction of sp³-hybridized carbons (Fsp3) is 0.0952. The number of benzene rings is 3. The van der Waals surface area contributed by atoms with Gasteiger partial charge in [0.2, 0.25) is 0 Å². The Kier molecular flexibility index (Phi) is 6.52. The summed E-state index contributed by atoms with van der Waals surface area (Å²) in [5, 5.41) is 3.30. The summed E-state index contributed by atoms with van der Waals surface area (Å²) < 4.78 is 28.2. The Morgan fingerprint density at radius 3 is 2.31 bits per heavy atom. The van der Waals surface area contributed by atoms with Gasteiger partial charge in [-0.3, -0.25) is 9.52 Å². The van der Waals surface area contributed by atoms with E-state index in [1.807, 2.05) is 18.4 Å². The van der Waals surface area contributed by atoms with Crippen LogP contribution in [0.2, 0.25) is 5.02 Å². The first-order chi connectivity index (χ1) is 13.8. The summed E-state index contributed by atoms with van der Waals surface area (Å²) in [6, 6.07) is 18.4. The first kappa shape index (κ1) is 21.2. The van der Waals surface area contributed by atoms with Gasteiger partial charge in [0.25, 0.3) is 15.9 Å². The minimum atomic E-state index is -3.84. The molecule has 0 saturated heterocycles. The van der Waals surface area contributed by atoms with Crippen molar-refractivity contribution in [1.82, 2.24) is 0 Å². The number of rotatable bonds is 6. The minimum absolute atomic E-state index is 0.0865. The van der Waals surface area contributed by atoms with Crippen LogP contribution in [-0.2, 0) is 10.0 Å². The number of amides is 1. The number of sulfonamides is 1. The van der Waals surface area contributed by atoms with Gasteiger partial charge in [-0.15, -0.1) is 11.8 Å². The van der Waals surface area contributed by atoms with Crippen molar-refractivity contribution in [1.29, 1.82) is 0 Å². The van der Waals surface area contributed by atoms with Crippen molar-refractivity contribution in [2.45, 2.75) is 16.7 Å². The largest absolute Gasteiger partial charge is 0.322 e. The van der Waals surface area contributed by atoms with Crippen molar-refractivity contribution in [3.8, 4) is 0 Å². The van der Waals surface area contributed by atoms with Crippen LogP contribution in [0.3, 0.4) is 0 Å². The van der Waals surface area contributed by atoms with Crippen molar-refractivity contribution in [2.24, 2.45) is 0 Å². The first-order valence-electron chi connectivity index (χ1n) is 8.63. The van der Waals surface area contributed by atoms with Crippen LogP contribution in [0, 0.1) is 6.92 Å². The third kappa shape index (κ3) is 5.12. The molecule has 29 heavy (non-hydrogen) atoms. The maximum Gasteiger partial charge on any atom is 0.262 e. The minimum Gasteiger partial charge on any atom is -0.322 e. The van der Waals surface area contributed by atoms with E-state index in [1.54, 1.807) is 55.5 Å². The molecule has 0 atom stereocenters. The highest BCUT2D eigenvalue weighted by Gasteiger charge is 2.19. The van der Waals surface area contributed by atoms with Gasteiger partial charge < -0.3 is 5.32 Å². The standard InChI is InChI=1S/C21H19ClN2O3S2/c1-14-7-10-17(23-21(25)18-5-3-4-6-19(18)28-2)13-20(14)29(26,27)24-16-11-8-15(22)9-12-16/h3-13,24H,1-2H3,(H,23,25). The molecule has 0 aliphatic carbocycles. The van der Waals surface area contributed by atoms with E-state index in [1.165, 1.54) is 17.8 Å². The average molecular weight is 447 g/mol. The molecule has 0 aromatic heterocycles. The summed E-state index contributed by atoms with van der Waals surface area (Å²) in [6.45, 7) is 1.70. The molecule has 0 aliphatic rings. The molecular formula is C21H19ClN2O3S2. The molecule has 0 aliphatic heterocycles. The second-order valence-electron chi connectivity index (χ2n) is 6.25. The van der Waals surface area contributed by atoms with Gasteiger partial charge in [0, 0.05) is 21.3 Å². The lowest BCUT2D eigenvalue weighted by Crippen LogP contribution is -2.16. The van der Waals surface area contributed by atoms with Gasteiger partial charge >= 0.3 is 0 Å². The fourth-order valence-electron chi connectivity index (χ4n) is 2.73. The zero-order chi connectivity index (χ0) is 21.0. The van der Waals surface area contributed by atoms with E-state index >= 15 is 0 Å². The molecule has 3 aromatic carbocycles. The Morgan fingerprint density at radius 2 is 1.62 bits per heavy atom. The molecule has 0 radical (unpaired) electrons. The fourth-order valence-corrected chi connectivity index (χ4v) is 4.78. The Morgan fingerprint density at radius 1 is 0.966 bits per heavy atom. The van der Waals surface area contributed by atoms with E-state index in [4.69, 9.17) is 11.6 Å². The molecule has 0 bridgehead atoms. The molecule has 3 aromatic rings. The van der Waals surface area contributed by atoms with Crippen LogP contribution in [0.1, 0.15) is 15.9 Å². The monoisotopic (exact) mass is 446 g/mol. The number of hydrogen-bond acceptors (Lipinski definition) is 4. The maximum atomic E-state index is 12.9. The lowest BCUT2D eigenvalue weighted by Gasteiger charge is -2.13. The highest BCUT2D eigenvalue weighted by atomic mass is 35.5. The Balaban J connectivity index is 1.87. The Labute approximate surface area is 179 Å². The summed E-state index contributed by atoms with van der Waals surface area (Å²) in [7, 11) is -3.84. The first-order valence-corrected chi connectivity index (χ1v) is 11.7. The molecular weight excluding hydrogens is 428 g/mol. The number of thioether (sulfide) groups is 1. The van der Waals surface area contributed by atoms with Crippen molar-refractivity contribution < 1.29 is 13.2 Å². The van der Waals surface area contributed by atoms with E-state index < -0.39 is 10.0 Å². The van der Waals surface area contributed by atoms with Gasteiger partial charge in [0.05, 0.1) is 10.5 Å². The van der Waals surface area contributed by atoms with Crippen molar-refractivity contribution in [2.75, 3.05) is 16.3 Å². The van der Waals surface area contributed by atoms with E-state index in [2.05, 4.69) is 10.0 Å². The molecule has 3 rings (SSSR count). The molecule has 8 heteroatoms. The Hall–Kier alpha value is -2.48. The number of nitrogens with one attached hydrogen (secondary N) is 2. The topological polar surface area (TPSA) is 75.3 Å². The normalized spacial score (nSPS) is 11.1. The average Bonchev–Trinajstić information content (AvgIpc) is 2.70. The molecule has 1 amide bonds. The number of carbonyl (C=O) groups excluding carboxylic acids is 1. The van der Waals surface area contributed by atoms with Gasteiger partial charge in [0.1, 0.15) is 0 Å². The summed E-state index contributed by atoms with van der Waals surface area (Å²) >= 11 is 7.32. The van der Waals surface area contributed by atoms with Crippen LogP contribution in [0.15, 0.2) is 76.5 Å². The van der Waals surface area contributed by atoms with Crippen LogP contribution in [-0.4, -0.2) is 20.6 Å². The van der Waals surface area contributed by atoms with E-state index in [-0.39, 0.29) is 10.8 Å². The van der Waals surface area contributed by atoms with Gasteiger partial charge in [-0.2, -0.15) is 0 Å². The maximum absolute atomic E-state index is 12.9. The van der Waals surface area contributed by atoms with Crippen LogP contribution in [0.4, 0.5) is 11.4 Å². The van der Waals surface area contributed by atoms with E-state index in [0.29, 0.717) is 27.5 Å². The van der Waals surface area contributed by atoms with Gasteiger partial charge in [-0.05, 0) is 67.3 Å². The predicted octanol–water partition coefficient (Wildman–Crippen LogP) is 5.42. The molecule has 0 saturated carbocycles. The lowest BCUT2D eigenvalue weighted by molar-refractivity contribution is 0.102. The van der Waals surface area contributed by atoms with Crippen molar-refractivity contribution in [3.63, 3.8) is 0 Å². The summed E-state index contributed by atoms with van der Waals surface area (Å²) in [5.41, 5.74) is 1.89. The van der Waals surface area contributed by atoms with Gasteiger partial charge in [-0.25, -0.2) is 8.42 Å². The third-order valence-electron chi connectivity index (χ3n) is 4.18. The summed E-state index contributed by atoms with van der Waals surface area (Å²) in [5.74, 6) is -0.298.